The minimum atomic E-state index is 0.385. The maximum atomic E-state index is 8.60. The molecule has 68 valence electrons. The van der Waals surface area contributed by atoms with E-state index in [0.717, 1.165) is 0 Å². The van der Waals surface area contributed by atoms with E-state index in [9.17, 15) is 0 Å². The van der Waals surface area contributed by atoms with E-state index < -0.39 is 0 Å². The third-order valence-corrected chi connectivity index (χ3v) is 3.01. The van der Waals surface area contributed by atoms with Gasteiger partial charge in [-0.25, -0.2) is 0 Å². The molecule has 0 saturated heterocycles. The summed E-state index contributed by atoms with van der Waals surface area (Å²) in [5, 5.41) is 8.60. The quantitative estimate of drug-likeness (QED) is 0.756. The van der Waals surface area contributed by atoms with Crippen LogP contribution in [0.4, 0.5) is 0 Å². The molecule has 0 radical (unpaired) electrons. The highest BCUT2D eigenvalue weighted by Crippen LogP contribution is 2.34. The highest BCUT2D eigenvalue weighted by atomic mass is 35.5. The molecule has 0 spiro atoms. The SMILES string of the molecule is C/C(C#N)=C(/N)c1cc(Cl)sc1Cl. The molecule has 1 aromatic rings. The fourth-order valence-corrected chi connectivity index (χ4v) is 2.28. The van der Waals surface area contributed by atoms with Gasteiger partial charge in [-0.05, 0) is 13.0 Å². The van der Waals surface area contributed by atoms with E-state index in [1.165, 1.54) is 11.3 Å². The molecule has 1 rings (SSSR count). The lowest BCUT2D eigenvalue weighted by molar-refractivity contribution is 1.41. The molecule has 2 nitrogen and oxygen atoms in total. The summed E-state index contributed by atoms with van der Waals surface area (Å²) in [4.78, 5) is 0. The molecule has 0 amide bonds. The van der Waals surface area contributed by atoms with E-state index in [4.69, 9.17) is 34.2 Å². The van der Waals surface area contributed by atoms with Gasteiger partial charge in [0.2, 0.25) is 0 Å². The second-order valence-corrected chi connectivity index (χ2v) is 4.67. The predicted molar refractivity (Wildman–Crippen MR) is 56.7 cm³/mol. The zero-order valence-corrected chi connectivity index (χ0v) is 9.09. The minimum Gasteiger partial charge on any atom is -0.397 e. The first-order chi connectivity index (χ1) is 6.06. The van der Waals surface area contributed by atoms with Crippen LogP contribution in [0.3, 0.4) is 0 Å². The molecular weight excluding hydrogens is 227 g/mol. The maximum Gasteiger partial charge on any atom is 0.104 e. The van der Waals surface area contributed by atoms with Gasteiger partial charge < -0.3 is 5.73 Å². The molecule has 13 heavy (non-hydrogen) atoms. The summed E-state index contributed by atoms with van der Waals surface area (Å²) in [5.41, 5.74) is 7.14. The van der Waals surface area contributed by atoms with Crippen LogP contribution in [0.25, 0.3) is 5.70 Å². The largest absolute Gasteiger partial charge is 0.397 e. The Kier molecular flexibility index (Phi) is 3.21. The number of halogens is 2. The molecule has 2 N–H and O–H groups in total. The van der Waals surface area contributed by atoms with E-state index in [1.807, 2.05) is 6.07 Å². The number of nitrogens with zero attached hydrogens (tertiary/aromatic N) is 1. The van der Waals surface area contributed by atoms with Crippen molar-refractivity contribution in [3.05, 3.63) is 25.9 Å². The standard InChI is InChI=1S/C8H6Cl2N2S/c1-4(3-11)7(12)5-2-6(9)13-8(5)10/h2H,12H2,1H3/b7-4-. The number of hydrogen-bond donors (Lipinski definition) is 1. The first-order valence-electron chi connectivity index (χ1n) is 3.38. The first-order valence-corrected chi connectivity index (χ1v) is 4.95. The third-order valence-electron chi connectivity index (χ3n) is 1.52. The predicted octanol–water partition coefficient (Wildman–Crippen LogP) is 3.27. The van der Waals surface area contributed by atoms with Crippen LogP contribution in [0, 0.1) is 11.3 Å². The van der Waals surface area contributed by atoms with Gasteiger partial charge in [0.15, 0.2) is 0 Å². The van der Waals surface area contributed by atoms with E-state index in [2.05, 4.69) is 0 Å². The van der Waals surface area contributed by atoms with Crippen molar-refractivity contribution >= 4 is 40.2 Å². The van der Waals surface area contributed by atoms with Crippen LogP contribution in [-0.4, -0.2) is 0 Å². The topological polar surface area (TPSA) is 49.8 Å². The second-order valence-electron chi connectivity index (χ2n) is 2.39. The number of nitrogens with two attached hydrogens (primary N) is 1. The van der Waals surface area contributed by atoms with Gasteiger partial charge in [-0.15, -0.1) is 11.3 Å². The summed E-state index contributed by atoms with van der Waals surface area (Å²) in [7, 11) is 0. The van der Waals surface area contributed by atoms with Crippen LogP contribution < -0.4 is 5.73 Å². The smallest absolute Gasteiger partial charge is 0.104 e. The van der Waals surface area contributed by atoms with E-state index in [0.29, 0.717) is 25.5 Å². The molecule has 0 aliphatic heterocycles. The molecule has 1 heterocycles. The lowest BCUT2D eigenvalue weighted by Gasteiger charge is -1.98. The number of hydrogen-bond acceptors (Lipinski definition) is 3. The van der Waals surface area contributed by atoms with Crippen LogP contribution in [0.15, 0.2) is 11.6 Å². The van der Waals surface area contributed by atoms with Gasteiger partial charge >= 0.3 is 0 Å². The lowest BCUT2D eigenvalue weighted by Crippen LogP contribution is -1.97. The van der Waals surface area contributed by atoms with Crippen molar-refractivity contribution in [2.75, 3.05) is 0 Å². The molecule has 0 fully saturated rings. The highest BCUT2D eigenvalue weighted by molar-refractivity contribution is 7.20. The number of allylic oxidation sites excluding steroid dienone is 1. The van der Waals surface area contributed by atoms with Gasteiger partial charge in [-0.1, -0.05) is 23.2 Å². The van der Waals surface area contributed by atoms with Crippen LogP contribution >= 0.6 is 34.5 Å². The Balaban J connectivity index is 3.25. The summed E-state index contributed by atoms with van der Waals surface area (Å²) in [6, 6.07) is 3.61. The Morgan fingerprint density at radius 1 is 1.62 bits per heavy atom. The molecule has 0 saturated carbocycles. The fraction of sp³-hybridized carbons (Fsp3) is 0.125. The highest BCUT2D eigenvalue weighted by Gasteiger charge is 2.10. The fourth-order valence-electron chi connectivity index (χ4n) is 0.786. The van der Waals surface area contributed by atoms with Crippen LogP contribution in [-0.2, 0) is 0 Å². The van der Waals surface area contributed by atoms with E-state index in [1.54, 1.807) is 13.0 Å². The van der Waals surface area contributed by atoms with Crippen molar-refractivity contribution in [1.82, 2.24) is 0 Å². The Hall–Kier alpha value is -0.690. The molecular formula is C8H6Cl2N2S. The number of thiophene rings is 1. The summed E-state index contributed by atoms with van der Waals surface area (Å²) in [6.07, 6.45) is 0. The molecule has 0 aliphatic carbocycles. The second kappa shape index (κ2) is 4.01. The Bertz CT molecular complexity index is 401. The molecule has 1 aromatic heterocycles. The van der Waals surface area contributed by atoms with Gasteiger partial charge in [-0.2, -0.15) is 5.26 Å². The summed E-state index contributed by atoms with van der Waals surface area (Å²) in [6.45, 7) is 1.64. The molecule has 0 bridgehead atoms. The molecule has 5 heteroatoms. The van der Waals surface area contributed by atoms with Gasteiger partial charge in [-0.3, -0.25) is 0 Å². The summed E-state index contributed by atoms with van der Waals surface area (Å²) >= 11 is 12.8. The molecule has 0 aliphatic rings. The molecule has 0 unspecified atom stereocenters. The van der Waals surface area contributed by atoms with Crippen molar-refractivity contribution in [2.45, 2.75) is 6.92 Å². The average Bonchev–Trinajstić information content (AvgIpc) is 2.42. The van der Waals surface area contributed by atoms with Crippen LogP contribution in [0.1, 0.15) is 12.5 Å². The van der Waals surface area contributed by atoms with Crippen molar-refractivity contribution in [1.29, 1.82) is 5.26 Å². The zero-order valence-electron chi connectivity index (χ0n) is 6.77. The van der Waals surface area contributed by atoms with Crippen LogP contribution in [0.2, 0.25) is 8.67 Å². The summed E-state index contributed by atoms with van der Waals surface area (Å²) < 4.78 is 1.07. The van der Waals surface area contributed by atoms with Gasteiger partial charge in [0, 0.05) is 5.56 Å². The first kappa shape index (κ1) is 10.4. The van der Waals surface area contributed by atoms with Gasteiger partial charge in [0.1, 0.15) is 4.34 Å². The monoisotopic (exact) mass is 232 g/mol. The maximum absolute atomic E-state index is 8.60. The molecule has 0 aromatic carbocycles. The van der Waals surface area contributed by atoms with E-state index >= 15 is 0 Å². The Morgan fingerprint density at radius 2 is 2.23 bits per heavy atom. The van der Waals surface area contributed by atoms with Gasteiger partial charge in [0.05, 0.1) is 21.7 Å². The normalized spacial score (nSPS) is 12.2. The number of nitriles is 1. The summed E-state index contributed by atoms with van der Waals surface area (Å²) in [5.74, 6) is 0. The Labute approximate surface area is 90.2 Å². The number of rotatable bonds is 1. The van der Waals surface area contributed by atoms with Crippen molar-refractivity contribution in [2.24, 2.45) is 5.73 Å². The lowest BCUT2D eigenvalue weighted by atomic mass is 10.1. The minimum absolute atomic E-state index is 0.385. The van der Waals surface area contributed by atoms with Crippen molar-refractivity contribution in [3.63, 3.8) is 0 Å². The zero-order chi connectivity index (χ0) is 10.0. The van der Waals surface area contributed by atoms with E-state index in [-0.39, 0.29) is 0 Å². The molecule has 0 atom stereocenters. The Morgan fingerprint density at radius 3 is 2.62 bits per heavy atom. The van der Waals surface area contributed by atoms with Crippen LogP contribution in [0.5, 0.6) is 0 Å². The third kappa shape index (κ3) is 2.16. The van der Waals surface area contributed by atoms with Crippen molar-refractivity contribution < 1.29 is 0 Å². The van der Waals surface area contributed by atoms with Crippen molar-refractivity contribution in [3.8, 4) is 6.07 Å². The van der Waals surface area contributed by atoms with Gasteiger partial charge in [0.25, 0.3) is 0 Å². The average molecular weight is 233 g/mol.